The second-order valence-electron chi connectivity index (χ2n) is 4.87. The number of rotatable bonds is 3. The first-order chi connectivity index (χ1) is 9.24. The van der Waals surface area contributed by atoms with E-state index in [-0.39, 0.29) is 12.0 Å². The van der Waals surface area contributed by atoms with Crippen molar-refractivity contribution < 1.29 is 9.90 Å². The molecular formula is C12H15N5O2. The molecule has 7 nitrogen and oxygen atoms in total. The van der Waals surface area contributed by atoms with Crippen LogP contribution in [-0.2, 0) is 4.79 Å². The maximum atomic E-state index is 10.9. The van der Waals surface area contributed by atoms with Gasteiger partial charge in [0.05, 0.1) is 5.92 Å². The third-order valence-corrected chi connectivity index (χ3v) is 3.63. The smallest absolute Gasteiger partial charge is 0.306 e. The maximum Gasteiger partial charge on any atom is 0.306 e. The Bertz CT molecular complexity index is 589. The summed E-state index contributed by atoms with van der Waals surface area (Å²) in [7, 11) is 0. The predicted octanol–water partition coefficient (Wildman–Crippen LogP) is 1.18. The fourth-order valence-corrected chi connectivity index (χ4v) is 2.54. The number of anilines is 1. The molecule has 7 heteroatoms. The standard InChI is InChI=1S/C12H15N5O2/c18-12(19)8-1-3-9(4-2-8)15-10-11-16-14-7-17(11)6-5-13-10/h5-9H,1-4H2,(H,13,15)(H,18,19). The highest BCUT2D eigenvalue weighted by Gasteiger charge is 2.26. The quantitative estimate of drug-likeness (QED) is 0.861. The third-order valence-electron chi connectivity index (χ3n) is 3.63. The molecule has 0 saturated heterocycles. The van der Waals surface area contributed by atoms with E-state index in [2.05, 4.69) is 20.5 Å². The first-order valence-corrected chi connectivity index (χ1v) is 6.38. The van der Waals surface area contributed by atoms with Crippen LogP contribution >= 0.6 is 0 Å². The number of carboxylic acid groups (broad SMARTS) is 1. The molecule has 100 valence electrons. The lowest BCUT2D eigenvalue weighted by Gasteiger charge is -2.27. The SMILES string of the molecule is O=C(O)C1CCC(Nc2nccn3cnnc23)CC1. The normalized spacial score (nSPS) is 23.4. The molecule has 0 radical (unpaired) electrons. The van der Waals surface area contributed by atoms with E-state index in [1.54, 1.807) is 23.1 Å². The van der Waals surface area contributed by atoms with E-state index in [4.69, 9.17) is 5.11 Å². The summed E-state index contributed by atoms with van der Waals surface area (Å²) in [6, 6.07) is 0.256. The second-order valence-corrected chi connectivity index (χ2v) is 4.87. The molecule has 1 aliphatic carbocycles. The lowest BCUT2D eigenvalue weighted by Crippen LogP contribution is -2.29. The molecule has 0 unspecified atom stereocenters. The maximum absolute atomic E-state index is 10.9. The molecule has 0 bridgehead atoms. The highest BCUT2D eigenvalue weighted by Crippen LogP contribution is 2.26. The summed E-state index contributed by atoms with van der Waals surface area (Å²) < 4.78 is 1.80. The number of aliphatic carboxylic acids is 1. The van der Waals surface area contributed by atoms with E-state index in [1.807, 2.05) is 0 Å². The van der Waals surface area contributed by atoms with Gasteiger partial charge in [-0.15, -0.1) is 10.2 Å². The van der Waals surface area contributed by atoms with Crippen molar-refractivity contribution >= 4 is 17.4 Å². The molecule has 1 saturated carbocycles. The zero-order valence-corrected chi connectivity index (χ0v) is 10.4. The van der Waals surface area contributed by atoms with E-state index >= 15 is 0 Å². The summed E-state index contributed by atoms with van der Waals surface area (Å²) in [4.78, 5) is 15.2. The summed E-state index contributed by atoms with van der Waals surface area (Å²) in [6.45, 7) is 0. The van der Waals surface area contributed by atoms with Gasteiger partial charge in [0.15, 0.2) is 5.82 Å². The molecule has 1 fully saturated rings. The van der Waals surface area contributed by atoms with Crippen molar-refractivity contribution in [2.45, 2.75) is 31.7 Å². The number of carboxylic acids is 1. The van der Waals surface area contributed by atoms with E-state index in [1.165, 1.54) is 0 Å². The fourth-order valence-electron chi connectivity index (χ4n) is 2.54. The molecule has 2 aromatic heterocycles. The lowest BCUT2D eigenvalue weighted by molar-refractivity contribution is -0.142. The fraction of sp³-hybridized carbons (Fsp3) is 0.500. The highest BCUT2D eigenvalue weighted by atomic mass is 16.4. The van der Waals surface area contributed by atoms with Crippen molar-refractivity contribution in [3.05, 3.63) is 18.7 Å². The average molecular weight is 261 g/mol. The number of fused-ring (bicyclic) bond motifs is 1. The molecule has 19 heavy (non-hydrogen) atoms. The van der Waals surface area contributed by atoms with Gasteiger partial charge < -0.3 is 10.4 Å². The minimum Gasteiger partial charge on any atom is -0.481 e. The van der Waals surface area contributed by atoms with Crippen molar-refractivity contribution in [1.29, 1.82) is 0 Å². The number of carbonyl (C=O) groups is 1. The van der Waals surface area contributed by atoms with E-state index in [0.29, 0.717) is 24.3 Å². The van der Waals surface area contributed by atoms with Gasteiger partial charge in [0.25, 0.3) is 0 Å². The highest BCUT2D eigenvalue weighted by molar-refractivity contribution is 5.70. The zero-order chi connectivity index (χ0) is 13.2. The van der Waals surface area contributed by atoms with Gasteiger partial charge in [-0.1, -0.05) is 0 Å². The van der Waals surface area contributed by atoms with Gasteiger partial charge in [-0.2, -0.15) is 0 Å². The van der Waals surface area contributed by atoms with Crippen LogP contribution < -0.4 is 5.32 Å². The minimum absolute atomic E-state index is 0.199. The van der Waals surface area contributed by atoms with Crippen molar-refractivity contribution in [3.8, 4) is 0 Å². The van der Waals surface area contributed by atoms with Crippen LogP contribution in [0, 0.1) is 5.92 Å². The number of nitrogens with one attached hydrogen (secondary N) is 1. The summed E-state index contributed by atoms with van der Waals surface area (Å²) in [5, 5.41) is 20.2. The molecule has 2 heterocycles. The third kappa shape index (κ3) is 2.35. The zero-order valence-electron chi connectivity index (χ0n) is 10.4. The molecule has 2 N–H and O–H groups in total. The Morgan fingerprint density at radius 2 is 2.16 bits per heavy atom. The second kappa shape index (κ2) is 4.83. The van der Waals surface area contributed by atoms with Crippen LogP contribution in [0.15, 0.2) is 18.7 Å². The van der Waals surface area contributed by atoms with Crippen LogP contribution in [0.5, 0.6) is 0 Å². The number of aromatic nitrogens is 4. The Morgan fingerprint density at radius 3 is 2.89 bits per heavy atom. The van der Waals surface area contributed by atoms with Gasteiger partial charge in [0.1, 0.15) is 6.33 Å². The first-order valence-electron chi connectivity index (χ1n) is 6.38. The average Bonchev–Trinajstić information content (AvgIpc) is 2.89. The van der Waals surface area contributed by atoms with Gasteiger partial charge in [-0.3, -0.25) is 9.20 Å². The van der Waals surface area contributed by atoms with Crippen molar-refractivity contribution in [2.75, 3.05) is 5.32 Å². The Balaban J connectivity index is 1.69. The number of nitrogens with zero attached hydrogens (tertiary/aromatic N) is 4. The predicted molar refractivity (Wildman–Crippen MR) is 67.8 cm³/mol. The van der Waals surface area contributed by atoms with Gasteiger partial charge in [0, 0.05) is 18.4 Å². The number of hydrogen-bond acceptors (Lipinski definition) is 5. The van der Waals surface area contributed by atoms with Crippen LogP contribution in [0.2, 0.25) is 0 Å². The van der Waals surface area contributed by atoms with Crippen LogP contribution in [0.3, 0.4) is 0 Å². The van der Waals surface area contributed by atoms with Crippen molar-refractivity contribution in [2.24, 2.45) is 5.92 Å². The molecule has 1 aliphatic rings. The van der Waals surface area contributed by atoms with Crippen LogP contribution in [0.4, 0.5) is 5.82 Å². The summed E-state index contributed by atoms with van der Waals surface area (Å²) in [6.07, 6.45) is 8.22. The molecular weight excluding hydrogens is 246 g/mol. The minimum atomic E-state index is -0.684. The molecule has 2 aromatic rings. The Labute approximate surface area is 109 Å². The van der Waals surface area contributed by atoms with E-state index in [9.17, 15) is 4.79 Å². The van der Waals surface area contributed by atoms with Crippen LogP contribution in [-0.4, -0.2) is 36.7 Å². The van der Waals surface area contributed by atoms with Crippen molar-refractivity contribution in [1.82, 2.24) is 19.6 Å². The Kier molecular flexibility index (Phi) is 3.02. The van der Waals surface area contributed by atoms with Gasteiger partial charge in [-0.25, -0.2) is 4.98 Å². The molecule has 0 aromatic carbocycles. The van der Waals surface area contributed by atoms with Crippen LogP contribution in [0.25, 0.3) is 5.65 Å². The van der Waals surface area contributed by atoms with Gasteiger partial charge >= 0.3 is 5.97 Å². The van der Waals surface area contributed by atoms with E-state index in [0.717, 1.165) is 12.8 Å². The summed E-state index contributed by atoms with van der Waals surface area (Å²) in [5.41, 5.74) is 0.697. The molecule has 0 spiro atoms. The van der Waals surface area contributed by atoms with Gasteiger partial charge in [-0.05, 0) is 25.7 Å². The lowest BCUT2D eigenvalue weighted by atomic mass is 9.86. The van der Waals surface area contributed by atoms with Crippen molar-refractivity contribution in [3.63, 3.8) is 0 Å². The molecule has 0 amide bonds. The molecule has 3 rings (SSSR count). The topological polar surface area (TPSA) is 92.4 Å². The molecule has 0 atom stereocenters. The number of hydrogen-bond donors (Lipinski definition) is 2. The van der Waals surface area contributed by atoms with E-state index < -0.39 is 5.97 Å². The largest absolute Gasteiger partial charge is 0.481 e. The monoisotopic (exact) mass is 261 g/mol. The van der Waals surface area contributed by atoms with Gasteiger partial charge in [0.2, 0.25) is 5.65 Å². The summed E-state index contributed by atoms with van der Waals surface area (Å²) >= 11 is 0. The Hall–Kier alpha value is -2.18. The summed E-state index contributed by atoms with van der Waals surface area (Å²) in [5.74, 6) is -0.176. The Morgan fingerprint density at radius 1 is 1.37 bits per heavy atom. The van der Waals surface area contributed by atoms with Crippen LogP contribution in [0.1, 0.15) is 25.7 Å². The first kappa shape index (κ1) is 11.9. The molecule has 0 aliphatic heterocycles.